The van der Waals surface area contributed by atoms with Crippen LogP contribution in [0.15, 0.2) is 30.3 Å². The summed E-state index contributed by atoms with van der Waals surface area (Å²) >= 11 is 1.49. The topological polar surface area (TPSA) is 74.3 Å². The second-order valence-electron chi connectivity index (χ2n) is 7.49. The number of aryl methyl sites for hydroxylation is 1. The van der Waals surface area contributed by atoms with E-state index in [0.29, 0.717) is 11.7 Å². The number of likely N-dealkylation sites (N-methyl/N-ethyl adjacent to an activating group) is 1. The van der Waals surface area contributed by atoms with Crippen LogP contribution in [0.2, 0.25) is 0 Å². The molecule has 150 valence electrons. The van der Waals surface area contributed by atoms with Crippen LogP contribution in [0, 0.1) is 0 Å². The third-order valence-electron chi connectivity index (χ3n) is 5.05. The number of fused-ring (bicyclic) bond motifs is 1. The molecule has 1 aliphatic rings. The molecule has 1 heterocycles. The number of nitrogens with one attached hydrogen (secondary N) is 2. The van der Waals surface area contributed by atoms with Crippen LogP contribution in [0.25, 0.3) is 0 Å². The Morgan fingerprint density at radius 3 is 2.75 bits per heavy atom. The molecule has 0 spiro atoms. The molecule has 7 heteroatoms. The molecule has 2 N–H and O–H groups in total. The molecule has 0 radical (unpaired) electrons. The first-order valence-corrected chi connectivity index (χ1v) is 10.5. The summed E-state index contributed by atoms with van der Waals surface area (Å²) < 4.78 is 0. The second kappa shape index (κ2) is 9.30. The summed E-state index contributed by atoms with van der Waals surface area (Å²) in [5.41, 5.74) is 1.81. The second-order valence-corrected chi connectivity index (χ2v) is 8.57. The van der Waals surface area contributed by atoms with Crippen LogP contribution >= 0.6 is 11.3 Å². The maximum atomic E-state index is 12.6. The maximum Gasteiger partial charge on any atom is 0.233 e. The fourth-order valence-corrected chi connectivity index (χ4v) is 4.43. The first-order chi connectivity index (χ1) is 13.5. The number of carbonyl (C=O) groups is 2. The fourth-order valence-electron chi connectivity index (χ4n) is 3.36. The summed E-state index contributed by atoms with van der Waals surface area (Å²) in [5.74, 6) is -0.528. The van der Waals surface area contributed by atoms with Gasteiger partial charge in [-0.1, -0.05) is 30.3 Å². The summed E-state index contributed by atoms with van der Waals surface area (Å²) in [4.78, 5) is 33.0. The number of nitrogens with zero attached hydrogens (tertiary/aromatic N) is 2. The van der Waals surface area contributed by atoms with Crippen LogP contribution in [0.1, 0.15) is 47.7 Å². The van der Waals surface area contributed by atoms with E-state index in [-0.39, 0.29) is 23.7 Å². The van der Waals surface area contributed by atoms with Gasteiger partial charge in [-0.05, 0) is 45.8 Å². The van der Waals surface area contributed by atoms with E-state index >= 15 is 0 Å². The van der Waals surface area contributed by atoms with Gasteiger partial charge in [-0.25, -0.2) is 4.98 Å². The lowest BCUT2D eigenvalue weighted by Crippen LogP contribution is -2.35. The van der Waals surface area contributed by atoms with Gasteiger partial charge in [0, 0.05) is 18.0 Å². The summed E-state index contributed by atoms with van der Waals surface area (Å²) in [5, 5.41) is 6.54. The Balaban J connectivity index is 1.67. The molecule has 2 amide bonds. The molecule has 1 aromatic heterocycles. The average Bonchev–Trinajstić information content (AvgIpc) is 3.09. The first kappa shape index (κ1) is 20.5. The lowest BCUT2D eigenvalue weighted by Gasteiger charge is -2.21. The quantitative estimate of drug-likeness (QED) is 0.749. The van der Waals surface area contributed by atoms with Crippen molar-refractivity contribution in [3.8, 4) is 0 Å². The van der Waals surface area contributed by atoms with Crippen LogP contribution in [-0.4, -0.2) is 48.9 Å². The minimum atomic E-state index is -0.257. The van der Waals surface area contributed by atoms with Gasteiger partial charge in [0.05, 0.1) is 17.5 Å². The number of rotatable bonds is 7. The monoisotopic (exact) mass is 400 g/mol. The van der Waals surface area contributed by atoms with Crippen LogP contribution < -0.4 is 10.6 Å². The van der Waals surface area contributed by atoms with Crippen LogP contribution in [0.3, 0.4) is 0 Å². The highest BCUT2D eigenvalue weighted by Crippen LogP contribution is 2.37. The average molecular weight is 401 g/mol. The standard InChI is InChI=1S/C21H28N4O2S/c1-14(15-8-5-4-6-9-15)19(26)24-21-23-18-16(10-7-11-17(18)28-21)20(27)22-12-13-25(2)3/h4-6,8-9,14,16H,7,10-13H2,1-3H3,(H,22,27)(H,23,24,26). The molecule has 28 heavy (non-hydrogen) atoms. The van der Waals surface area contributed by atoms with E-state index in [9.17, 15) is 9.59 Å². The predicted molar refractivity (Wildman–Crippen MR) is 113 cm³/mol. The summed E-state index contributed by atoms with van der Waals surface area (Å²) in [6, 6.07) is 9.70. The van der Waals surface area contributed by atoms with Crippen LogP contribution in [0.4, 0.5) is 5.13 Å². The highest BCUT2D eigenvalue weighted by molar-refractivity contribution is 7.15. The number of hydrogen-bond acceptors (Lipinski definition) is 5. The summed E-state index contributed by atoms with van der Waals surface area (Å²) in [6.07, 6.45) is 2.69. The zero-order valence-electron chi connectivity index (χ0n) is 16.7. The van der Waals surface area contributed by atoms with Crippen molar-refractivity contribution in [3.63, 3.8) is 0 Å². The van der Waals surface area contributed by atoms with Crippen molar-refractivity contribution in [3.05, 3.63) is 46.5 Å². The van der Waals surface area contributed by atoms with Crippen molar-refractivity contribution in [2.24, 2.45) is 0 Å². The molecule has 3 rings (SSSR count). The van der Waals surface area contributed by atoms with Crippen molar-refractivity contribution in [2.75, 3.05) is 32.5 Å². The van der Waals surface area contributed by atoms with Gasteiger partial charge in [0.15, 0.2) is 5.13 Å². The van der Waals surface area contributed by atoms with Crippen LogP contribution in [0.5, 0.6) is 0 Å². The Hall–Kier alpha value is -2.25. The molecule has 0 fully saturated rings. The van der Waals surface area contributed by atoms with Crippen molar-refractivity contribution in [1.82, 2.24) is 15.2 Å². The van der Waals surface area contributed by atoms with Gasteiger partial charge >= 0.3 is 0 Å². The van der Waals surface area contributed by atoms with Crippen molar-refractivity contribution >= 4 is 28.3 Å². The molecular formula is C21H28N4O2S. The van der Waals surface area contributed by atoms with Gasteiger partial charge in [-0.2, -0.15) is 0 Å². The molecule has 1 aromatic carbocycles. The highest BCUT2D eigenvalue weighted by Gasteiger charge is 2.30. The summed E-state index contributed by atoms with van der Waals surface area (Å²) in [7, 11) is 3.97. The van der Waals surface area contributed by atoms with Crippen LogP contribution in [-0.2, 0) is 16.0 Å². The molecule has 2 unspecified atom stereocenters. The minimum Gasteiger partial charge on any atom is -0.354 e. The molecule has 2 aromatic rings. The molecule has 2 atom stereocenters. The Kier molecular flexibility index (Phi) is 6.80. The first-order valence-electron chi connectivity index (χ1n) is 9.73. The van der Waals surface area contributed by atoms with E-state index in [1.54, 1.807) is 0 Å². The molecule has 0 saturated heterocycles. The Morgan fingerprint density at radius 1 is 1.29 bits per heavy atom. The number of aromatic nitrogens is 1. The van der Waals surface area contributed by atoms with Gasteiger partial charge in [-0.15, -0.1) is 11.3 Å². The number of amides is 2. The van der Waals surface area contributed by atoms with E-state index in [0.717, 1.165) is 41.9 Å². The third-order valence-corrected chi connectivity index (χ3v) is 6.10. The number of anilines is 1. The maximum absolute atomic E-state index is 12.6. The number of carbonyl (C=O) groups excluding carboxylic acids is 2. The largest absolute Gasteiger partial charge is 0.354 e. The molecule has 0 saturated carbocycles. The third kappa shape index (κ3) is 4.97. The Morgan fingerprint density at radius 2 is 2.04 bits per heavy atom. The Bertz CT molecular complexity index is 819. The summed E-state index contributed by atoms with van der Waals surface area (Å²) in [6.45, 7) is 3.32. The number of hydrogen-bond donors (Lipinski definition) is 2. The molecule has 0 bridgehead atoms. The van der Waals surface area contributed by atoms with E-state index in [2.05, 4.69) is 15.6 Å². The normalized spacial score (nSPS) is 17.1. The lowest BCUT2D eigenvalue weighted by atomic mass is 9.90. The smallest absolute Gasteiger partial charge is 0.233 e. The molecule has 1 aliphatic carbocycles. The van der Waals surface area contributed by atoms with E-state index < -0.39 is 0 Å². The number of benzene rings is 1. The van der Waals surface area contributed by atoms with E-state index in [1.165, 1.54) is 11.3 Å². The molecular weight excluding hydrogens is 372 g/mol. The van der Waals surface area contributed by atoms with Gasteiger partial charge in [-0.3, -0.25) is 9.59 Å². The predicted octanol–water partition coefficient (Wildman–Crippen LogP) is 2.98. The molecule has 0 aliphatic heterocycles. The number of thiazole rings is 1. The van der Waals surface area contributed by atoms with Crippen molar-refractivity contribution in [1.29, 1.82) is 0 Å². The van der Waals surface area contributed by atoms with Gasteiger partial charge in [0.1, 0.15) is 0 Å². The van der Waals surface area contributed by atoms with Gasteiger partial charge in [0.2, 0.25) is 11.8 Å². The zero-order valence-corrected chi connectivity index (χ0v) is 17.5. The van der Waals surface area contributed by atoms with Crippen molar-refractivity contribution in [2.45, 2.75) is 38.0 Å². The van der Waals surface area contributed by atoms with E-state index in [4.69, 9.17) is 0 Å². The molecule has 6 nitrogen and oxygen atoms in total. The lowest BCUT2D eigenvalue weighted by molar-refractivity contribution is -0.123. The zero-order chi connectivity index (χ0) is 20.1. The SMILES string of the molecule is CC(C(=O)Nc1nc2c(s1)CCCC2C(=O)NCCN(C)C)c1ccccc1. The van der Waals surface area contributed by atoms with Gasteiger partial charge in [0.25, 0.3) is 0 Å². The highest BCUT2D eigenvalue weighted by atomic mass is 32.1. The van der Waals surface area contributed by atoms with Gasteiger partial charge < -0.3 is 15.5 Å². The Labute approximate surface area is 170 Å². The van der Waals surface area contributed by atoms with Crippen molar-refractivity contribution < 1.29 is 9.59 Å². The fraction of sp³-hybridized carbons (Fsp3) is 0.476. The van der Waals surface area contributed by atoms with E-state index in [1.807, 2.05) is 56.3 Å². The minimum absolute atomic E-state index is 0.0311.